The van der Waals surface area contributed by atoms with Crippen LogP contribution in [0.1, 0.15) is 28.3 Å². The SMILES string of the molecule is COc1ccc(/C(O)=C2\C(=O)C(=O)N(c3ccc(Cl)cc3C)C2c2cccnc2)cc1C. The second kappa shape index (κ2) is 8.48. The highest BCUT2D eigenvalue weighted by Crippen LogP contribution is 2.43. The summed E-state index contributed by atoms with van der Waals surface area (Å²) >= 11 is 6.10. The number of aryl methyl sites for hydroxylation is 2. The van der Waals surface area contributed by atoms with Gasteiger partial charge in [0, 0.05) is 28.7 Å². The number of aromatic nitrogens is 1. The first kappa shape index (κ1) is 21.6. The van der Waals surface area contributed by atoms with E-state index in [2.05, 4.69) is 4.98 Å². The highest BCUT2D eigenvalue weighted by Gasteiger charge is 2.47. The van der Waals surface area contributed by atoms with E-state index in [1.807, 2.05) is 13.8 Å². The molecule has 3 aromatic rings. The van der Waals surface area contributed by atoms with Gasteiger partial charge in [0.1, 0.15) is 11.5 Å². The minimum atomic E-state index is -0.842. The lowest BCUT2D eigenvalue weighted by Gasteiger charge is -2.26. The summed E-state index contributed by atoms with van der Waals surface area (Å²) < 4.78 is 5.29. The predicted octanol–water partition coefficient (Wildman–Crippen LogP) is 4.99. The molecule has 162 valence electrons. The third kappa shape index (κ3) is 3.63. The molecule has 0 aliphatic carbocycles. The number of carbonyl (C=O) groups is 2. The molecule has 4 rings (SSSR count). The van der Waals surface area contributed by atoms with Crippen LogP contribution in [0, 0.1) is 13.8 Å². The highest BCUT2D eigenvalue weighted by atomic mass is 35.5. The molecule has 1 aliphatic rings. The average molecular weight is 449 g/mol. The van der Waals surface area contributed by atoms with Gasteiger partial charge in [0.25, 0.3) is 11.7 Å². The first-order valence-electron chi connectivity index (χ1n) is 9.95. The molecule has 0 saturated carbocycles. The zero-order valence-corrected chi connectivity index (χ0v) is 18.6. The van der Waals surface area contributed by atoms with Crippen LogP contribution in [0.4, 0.5) is 5.69 Å². The maximum absolute atomic E-state index is 13.2. The Morgan fingerprint density at radius 2 is 1.88 bits per heavy atom. The van der Waals surface area contributed by atoms with E-state index in [1.165, 1.54) is 4.90 Å². The third-order valence-corrected chi connectivity index (χ3v) is 5.77. The van der Waals surface area contributed by atoms with Gasteiger partial charge in [-0.25, -0.2) is 0 Å². The second-order valence-electron chi connectivity index (χ2n) is 7.57. The van der Waals surface area contributed by atoms with Crippen molar-refractivity contribution >= 4 is 34.7 Å². The molecule has 1 aliphatic heterocycles. The van der Waals surface area contributed by atoms with E-state index in [0.717, 1.165) is 11.1 Å². The van der Waals surface area contributed by atoms with Crippen LogP contribution in [0.5, 0.6) is 5.75 Å². The predicted molar refractivity (Wildman–Crippen MR) is 123 cm³/mol. The molecule has 0 spiro atoms. The molecule has 1 saturated heterocycles. The van der Waals surface area contributed by atoms with Gasteiger partial charge < -0.3 is 9.84 Å². The number of Topliss-reactive ketones (excluding diaryl/α,β-unsaturated/α-hetero) is 1. The number of benzene rings is 2. The summed E-state index contributed by atoms with van der Waals surface area (Å²) in [5.74, 6) is -1.09. The molecule has 1 amide bonds. The number of pyridine rings is 1. The van der Waals surface area contributed by atoms with E-state index < -0.39 is 17.7 Å². The number of aliphatic hydroxyl groups excluding tert-OH is 1. The fraction of sp³-hybridized carbons (Fsp3) is 0.160. The van der Waals surface area contributed by atoms with E-state index in [9.17, 15) is 14.7 Å². The molecule has 2 heterocycles. The van der Waals surface area contributed by atoms with E-state index in [4.69, 9.17) is 16.3 Å². The number of anilines is 1. The second-order valence-corrected chi connectivity index (χ2v) is 8.01. The number of amides is 1. The van der Waals surface area contributed by atoms with Crippen molar-refractivity contribution in [3.8, 4) is 5.75 Å². The molecule has 2 aromatic carbocycles. The lowest BCUT2D eigenvalue weighted by molar-refractivity contribution is -0.132. The fourth-order valence-electron chi connectivity index (χ4n) is 4.00. The first-order chi connectivity index (χ1) is 15.3. The van der Waals surface area contributed by atoms with Gasteiger partial charge in [-0.1, -0.05) is 17.7 Å². The van der Waals surface area contributed by atoms with Crippen LogP contribution in [0.3, 0.4) is 0 Å². The molecule has 1 atom stereocenters. The van der Waals surface area contributed by atoms with Crippen molar-refractivity contribution in [2.45, 2.75) is 19.9 Å². The van der Waals surface area contributed by atoms with Gasteiger partial charge in [0.05, 0.1) is 18.7 Å². The van der Waals surface area contributed by atoms with Crippen molar-refractivity contribution in [3.05, 3.63) is 93.8 Å². The Kier molecular flexibility index (Phi) is 5.72. The molecule has 0 radical (unpaired) electrons. The standard InChI is InChI=1S/C25H21ClN2O4/c1-14-12-18(26)7-8-19(14)28-22(17-5-4-10-27-13-17)21(24(30)25(28)31)23(29)16-6-9-20(32-3)15(2)11-16/h4-13,22,29H,1-3H3/b23-21+. The van der Waals surface area contributed by atoms with Crippen molar-refractivity contribution < 1.29 is 19.4 Å². The Bertz CT molecular complexity index is 1250. The van der Waals surface area contributed by atoms with Crippen molar-refractivity contribution in [1.82, 2.24) is 4.98 Å². The van der Waals surface area contributed by atoms with Crippen LogP contribution in [0.2, 0.25) is 5.02 Å². The van der Waals surface area contributed by atoms with E-state index in [-0.39, 0.29) is 11.3 Å². The number of halogens is 1. The summed E-state index contributed by atoms with van der Waals surface area (Å²) in [5, 5.41) is 11.7. The van der Waals surface area contributed by atoms with Crippen LogP contribution in [-0.4, -0.2) is 28.9 Å². The molecule has 32 heavy (non-hydrogen) atoms. The Morgan fingerprint density at radius 3 is 2.50 bits per heavy atom. The monoisotopic (exact) mass is 448 g/mol. The van der Waals surface area contributed by atoms with Crippen LogP contribution in [0.15, 0.2) is 66.5 Å². The Hall–Kier alpha value is -3.64. The van der Waals surface area contributed by atoms with E-state index in [1.54, 1.807) is 68.0 Å². The van der Waals surface area contributed by atoms with Gasteiger partial charge in [0.2, 0.25) is 0 Å². The third-order valence-electron chi connectivity index (χ3n) is 5.53. The van der Waals surface area contributed by atoms with Crippen molar-refractivity contribution in [3.63, 3.8) is 0 Å². The molecular weight excluding hydrogens is 428 g/mol. The quantitative estimate of drug-likeness (QED) is 0.345. The number of carbonyl (C=O) groups excluding carboxylic acids is 2. The van der Waals surface area contributed by atoms with Gasteiger partial charge in [0.15, 0.2) is 0 Å². The molecule has 1 aromatic heterocycles. The first-order valence-corrected chi connectivity index (χ1v) is 10.3. The van der Waals surface area contributed by atoms with Crippen molar-refractivity contribution in [2.75, 3.05) is 12.0 Å². The van der Waals surface area contributed by atoms with Crippen LogP contribution in [-0.2, 0) is 9.59 Å². The lowest BCUT2D eigenvalue weighted by Crippen LogP contribution is -2.30. The maximum atomic E-state index is 13.2. The fourth-order valence-corrected chi connectivity index (χ4v) is 4.23. The zero-order chi connectivity index (χ0) is 23.0. The molecule has 1 unspecified atom stereocenters. The number of rotatable bonds is 4. The molecule has 1 N–H and O–H groups in total. The van der Waals surface area contributed by atoms with Gasteiger partial charge in [-0.15, -0.1) is 0 Å². The van der Waals surface area contributed by atoms with Crippen LogP contribution < -0.4 is 9.64 Å². The molecule has 1 fully saturated rings. The molecule has 6 nitrogen and oxygen atoms in total. The maximum Gasteiger partial charge on any atom is 0.300 e. The van der Waals surface area contributed by atoms with Crippen LogP contribution in [0.25, 0.3) is 5.76 Å². The van der Waals surface area contributed by atoms with Gasteiger partial charge in [-0.05, 0) is 73.0 Å². The molecule has 0 bridgehead atoms. The summed E-state index contributed by atoms with van der Waals surface area (Å²) in [5.41, 5.74) is 3.08. The highest BCUT2D eigenvalue weighted by molar-refractivity contribution is 6.51. The van der Waals surface area contributed by atoms with Gasteiger partial charge in [-0.2, -0.15) is 0 Å². The Morgan fingerprint density at radius 1 is 1.09 bits per heavy atom. The zero-order valence-electron chi connectivity index (χ0n) is 17.8. The number of methoxy groups -OCH3 is 1. The minimum absolute atomic E-state index is 0.00177. The number of nitrogens with zero attached hydrogens (tertiary/aromatic N) is 2. The summed E-state index contributed by atoms with van der Waals surface area (Å²) in [6.07, 6.45) is 3.19. The number of aliphatic hydroxyl groups is 1. The minimum Gasteiger partial charge on any atom is -0.507 e. The molecule has 7 heteroatoms. The Balaban J connectivity index is 1.95. The van der Waals surface area contributed by atoms with E-state index >= 15 is 0 Å². The molecular formula is C25H21ClN2O4. The number of ether oxygens (including phenoxy) is 1. The summed E-state index contributed by atoms with van der Waals surface area (Å²) in [7, 11) is 1.56. The lowest BCUT2D eigenvalue weighted by atomic mass is 9.95. The van der Waals surface area contributed by atoms with Crippen molar-refractivity contribution in [1.29, 1.82) is 0 Å². The smallest absolute Gasteiger partial charge is 0.300 e. The average Bonchev–Trinajstić information content (AvgIpc) is 3.04. The number of ketones is 1. The summed E-state index contributed by atoms with van der Waals surface area (Å²) in [6.45, 7) is 3.65. The summed E-state index contributed by atoms with van der Waals surface area (Å²) in [4.78, 5) is 31.9. The van der Waals surface area contributed by atoms with E-state index in [0.29, 0.717) is 27.6 Å². The Labute approximate surface area is 190 Å². The van der Waals surface area contributed by atoms with Crippen LogP contribution >= 0.6 is 11.6 Å². The topological polar surface area (TPSA) is 79.7 Å². The normalized spacial score (nSPS) is 17.6. The number of hydrogen-bond acceptors (Lipinski definition) is 5. The largest absolute Gasteiger partial charge is 0.507 e. The van der Waals surface area contributed by atoms with Crippen molar-refractivity contribution in [2.24, 2.45) is 0 Å². The summed E-state index contributed by atoms with van der Waals surface area (Å²) in [6, 6.07) is 12.8. The van der Waals surface area contributed by atoms with Gasteiger partial charge >= 0.3 is 0 Å². The number of hydrogen-bond donors (Lipinski definition) is 1. The van der Waals surface area contributed by atoms with Gasteiger partial charge in [-0.3, -0.25) is 19.5 Å².